The van der Waals surface area contributed by atoms with Gasteiger partial charge in [0, 0.05) is 0 Å². The molecule has 0 unspecified atom stereocenters. The highest BCUT2D eigenvalue weighted by molar-refractivity contribution is 5.88. The third-order valence-electron chi connectivity index (χ3n) is 5.02. The molecule has 8 nitrogen and oxygen atoms in total. The fraction of sp³-hybridized carbons (Fsp3) is 0.130. The molecule has 0 fully saturated rings. The molecule has 154 valence electrons. The fourth-order valence-electron chi connectivity index (χ4n) is 3.45. The van der Waals surface area contributed by atoms with Crippen LogP contribution in [0.3, 0.4) is 0 Å². The molecular weight excluding hydrogens is 394 g/mol. The van der Waals surface area contributed by atoms with Gasteiger partial charge in [0.1, 0.15) is 30.1 Å². The molecule has 3 heterocycles. The number of fused-ring (bicyclic) bond motifs is 3. The summed E-state index contributed by atoms with van der Waals surface area (Å²) >= 11 is 0. The Bertz CT molecular complexity index is 1410. The number of nitrogens with zero attached hydrogens (tertiary/aromatic N) is 5. The summed E-state index contributed by atoms with van der Waals surface area (Å²) in [6.07, 6.45) is 1.38. The Morgan fingerprint density at radius 1 is 0.903 bits per heavy atom. The van der Waals surface area contributed by atoms with Gasteiger partial charge in [0.25, 0.3) is 0 Å². The predicted molar refractivity (Wildman–Crippen MR) is 115 cm³/mol. The maximum Gasteiger partial charge on any atom is 0.352 e. The lowest BCUT2D eigenvalue weighted by Gasteiger charge is -2.12. The van der Waals surface area contributed by atoms with Crippen molar-refractivity contribution in [2.45, 2.75) is 13.2 Å². The van der Waals surface area contributed by atoms with Crippen molar-refractivity contribution in [1.29, 1.82) is 0 Å². The number of hydrogen-bond donors (Lipinski definition) is 0. The van der Waals surface area contributed by atoms with Crippen molar-refractivity contribution in [3.05, 3.63) is 94.8 Å². The zero-order valence-corrected chi connectivity index (χ0v) is 16.8. The largest absolute Gasteiger partial charge is 0.497 e. The number of para-hydroxylation sites is 1. The maximum atomic E-state index is 13.1. The van der Waals surface area contributed by atoms with Crippen molar-refractivity contribution >= 4 is 16.7 Å². The minimum absolute atomic E-state index is 0.286. The fourth-order valence-corrected chi connectivity index (χ4v) is 3.45. The molecule has 0 aliphatic carbocycles. The average molecular weight is 413 g/mol. The Kier molecular flexibility index (Phi) is 4.80. The molecule has 5 aromatic rings. The van der Waals surface area contributed by atoms with E-state index in [1.54, 1.807) is 11.7 Å². The second-order valence-electron chi connectivity index (χ2n) is 6.99. The number of benzene rings is 2. The number of hydrogen-bond acceptors (Lipinski definition) is 6. The lowest BCUT2D eigenvalue weighted by Crippen LogP contribution is -2.29. The number of methoxy groups -OCH3 is 1. The standard InChI is InChI=1S/C23H19N5O3/c1-30-18-10-7-16(8-11-18)13-27-22-20(21-24-15-25-28(21)23(27)29)12-9-17(26-22)14-31-19-5-3-2-4-6-19/h2-12,15H,13-14H2,1H3. The summed E-state index contributed by atoms with van der Waals surface area (Å²) in [5, 5.41) is 4.84. The highest BCUT2D eigenvalue weighted by atomic mass is 16.5. The van der Waals surface area contributed by atoms with Crippen LogP contribution in [0.1, 0.15) is 11.3 Å². The molecule has 0 saturated carbocycles. The lowest BCUT2D eigenvalue weighted by molar-refractivity contribution is 0.301. The van der Waals surface area contributed by atoms with Crippen molar-refractivity contribution in [2.24, 2.45) is 0 Å². The molecule has 0 saturated heterocycles. The van der Waals surface area contributed by atoms with Crippen LogP contribution in [0.2, 0.25) is 0 Å². The second-order valence-corrected chi connectivity index (χ2v) is 6.99. The van der Waals surface area contributed by atoms with E-state index in [1.807, 2.05) is 66.7 Å². The van der Waals surface area contributed by atoms with Crippen LogP contribution >= 0.6 is 0 Å². The zero-order valence-electron chi connectivity index (χ0n) is 16.8. The lowest BCUT2D eigenvalue weighted by atomic mass is 10.2. The highest BCUT2D eigenvalue weighted by Gasteiger charge is 2.15. The van der Waals surface area contributed by atoms with Gasteiger partial charge in [-0.1, -0.05) is 30.3 Å². The molecule has 0 atom stereocenters. The Hall–Kier alpha value is -4.20. The van der Waals surface area contributed by atoms with Crippen molar-refractivity contribution in [3.63, 3.8) is 0 Å². The second kappa shape index (κ2) is 7.91. The molecule has 0 amide bonds. The van der Waals surface area contributed by atoms with E-state index in [1.165, 1.54) is 10.8 Å². The molecule has 5 rings (SSSR count). The van der Waals surface area contributed by atoms with Crippen LogP contribution in [0.25, 0.3) is 16.7 Å². The highest BCUT2D eigenvalue weighted by Crippen LogP contribution is 2.19. The van der Waals surface area contributed by atoms with Crippen molar-refractivity contribution in [1.82, 2.24) is 24.1 Å². The number of rotatable bonds is 6. The summed E-state index contributed by atoms with van der Waals surface area (Å²) in [6, 6.07) is 20.9. The summed E-state index contributed by atoms with van der Waals surface area (Å²) in [5.74, 6) is 1.51. The van der Waals surface area contributed by atoms with Gasteiger partial charge in [0.2, 0.25) is 0 Å². The summed E-state index contributed by atoms with van der Waals surface area (Å²) in [5.41, 5.74) is 2.37. The first-order valence-corrected chi connectivity index (χ1v) is 9.76. The average Bonchev–Trinajstić information content (AvgIpc) is 3.32. The van der Waals surface area contributed by atoms with Crippen LogP contribution in [-0.2, 0) is 13.2 Å². The van der Waals surface area contributed by atoms with E-state index in [9.17, 15) is 4.79 Å². The third kappa shape index (κ3) is 3.59. The molecule has 2 aromatic carbocycles. The SMILES string of the molecule is COc1ccc(Cn2c(=O)n3ncnc3c3ccc(COc4ccccc4)nc32)cc1. The predicted octanol–water partition coefficient (Wildman–Crippen LogP) is 3.08. The number of ether oxygens (including phenoxy) is 2. The molecule has 0 aliphatic rings. The van der Waals surface area contributed by atoms with Gasteiger partial charge in [-0.2, -0.15) is 9.61 Å². The van der Waals surface area contributed by atoms with Crippen LogP contribution in [0.4, 0.5) is 0 Å². The Balaban J connectivity index is 1.58. The van der Waals surface area contributed by atoms with E-state index in [-0.39, 0.29) is 12.3 Å². The van der Waals surface area contributed by atoms with Gasteiger partial charge in [0.15, 0.2) is 5.65 Å². The van der Waals surface area contributed by atoms with E-state index in [0.717, 1.165) is 22.4 Å². The van der Waals surface area contributed by atoms with Gasteiger partial charge in [0.05, 0.1) is 24.7 Å². The first kappa shape index (κ1) is 18.8. The summed E-state index contributed by atoms with van der Waals surface area (Å²) in [6.45, 7) is 0.625. The topological polar surface area (TPSA) is 83.5 Å². The Morgan fingerprint density at radius 2 is 1.71 bits per heavy atom. The van der Waals surface area contributed by atoms with Crippen molar-refractivity contribution in [2.75, 3.05) is 7.11 Å². The van der Waals surface area contributed by atoms with Gasteiger partial charge < -0.3 is 9.47 Å². The third-order valence-corrected chi connectivity index (χ3v) is 5.02. The minimum atomic E-state index is -0.301. The van der Waals surface area contributed by atoms with Crippen LogP contribution in [-0.4, -0.2) is 31.3 Å². The molecule has 31 heavy (non-hydrogen) atoms. The molecule has 0 N–H and O–H groups in total. The molecule has 0 bridgehead atoms. The van der Waals surface area contributed by atoms with Gasteiger partial charge in [-0.25, -0.2) is 14.8 Å². The van der Waals surface area contributed by atoms with Gasteiger partial charge in [-0.15, -0.1) is 0 Å². The summed E-state index contributed by atoms with van der Waals surface area (Å²) in [4.78, 5) is 22.1. The first-order valence-electron chi connectivity index (χ1n) is 9.76. The zero-order chi connectivity index (χ0) is 21.2. The Morgan fingerprint density at radius 3 is 2.48 bits per heavy atom. The number of aromatic nitrogens is 5. The normalized spacial score (nSPS) is 11.1. The maximum absolute atomic E-state index is 13.1. The minimum Gasteiger partial charge on any atom is -0.497 e. The van der Waals surface area contributed by atoms with E-state index >= 15 is 0 Å². The first-order chi connectivity index (χ1) is 15.2. The Labute approximate surface area is 177 Å². The van der Waals surface area contributed by atoms with E-state index in [2.05, 4.69) is 10.1 Å². The molecule has 0 aliphatic heterocycles. The van der Waals surface area contributed by atoms with E-state index in [0.29, 0.717) is 23.5 Å². The van der Waals surface area contributed by atoms with Gasteiger partial charge in [-0.3, -0.25) is 4.57 Å². The molecule has 8 heteroatoms. The molecule has 3 aromatic heterocycles. The molecule has 0 spiro atoms. The summed E-state index contributed by atoms with van der Waals surface area (Å²) < 4.78 is 14.0. The van der Waals surface area contributed by atoms with Crippen molar-refractivity contribution in [3.8, 4) is 11.5 Å². The number of pyridine rings is 1. The monoisotopic (exact) mass is 413 g/mol. The van der Waals surface area contributed by atoms with Crippen LogP contribution in [0, 0.1) is 0 Å². The van der Waals surface area contributed by atoms with Gasteiger partial charge >= 0.3 is 5.69 Å². The van der Waals surface area contributed by atoms with Crippen LogP contribution in [0.5, 0.6) is 11.5 Å². The van der Waals surface area contributed by atoms with Crippen molar-refractivity contribution < 1.29 is 9.47 Å². The molecular formula is C23H19N5O3. The van der Waals surface area contributed by atoms with E-state index in [4.69, 9.17) is 14.5 Å². The molecule has 0 radical (unpaired) electrons. The van der Waals surface area contributed by atoms with Crippen LogP contribution in [0.15, 0.2) is 77.9 Å². The smallest absolute Gasteiger partial charge is 0.352 e. The summed E-state index contributed by atoms with van der Waals surface area (Å²) in [7, 11) is 1.62. The van der Waals surface area contributed by atoms with Crippen LogP contribution < -0.4 is 15.2 Å². The quantitative estimate of drug-likeness (QED) is 0.425. The van der Waals surface area contributed by atoms with E-state index < -0.39 is 0 Å². The van der Waals surface area contributed by atoms with Gasteiger partial charge in [-0.05, 0) is 42.0 Å².